The largest absolute Gasteiger partial charge is 0.416 e. The van der Waals surface area contributed by atoms with E-state index in [0.717, 1.165) is 26.0 Å². The molecule has 2 unspecified atom stereocenters. The third-order valence-electron chi connectivity index (χ3n) is 9.75. The van der Waals surface area contributed by atoms with Crippen LogP contribution in [0.3, 0.4) is 0 Å². The molecule has 24 heteroatoms. The van der Waals surface area contributed by atoms with Crippen LogP contribution in [0.4, 0.5) is 60.5 Å². The normalized spacial score (nSPS) is 12.7. The van der Waals surface area contributed by atoms with Gasteiger partial charge < -0.3 is 21.3 Å². The van der Waals surface area contributed by atoms with Gasteiger partial charge in [-0.15, -0.1) is 0 Å². The number of halogens is 10. The van der Waals surface area contributed by atoms with Crippen LogP contribution in [0, 0.1) is 0 Å². The van der Waals surface area contributed by atoms with E-state index in [1.165, 1.54) is 48.5 Å². The molecule has 366 valence electrons. The quantitative estimate of drug-likeness (QED) is 0.0430. The molecule has 0 spiro atoms. The highest BCUT2D eigenvalue weighted by atomic mass is 35.5. The van der Waals surface area contributed by atoms with Gasteiger partial charge in [-0.2, -0.15) is 46.8 Å². The number of azo groups is 2. The highest BCUT2D eigenvalue weighted by Gasteiger charge is 2.33. The van der Waals surface area contributed by atoms with Crippen molar-refractivity contribution < 1.29 is 55.1 Å². The molecule has 0 heterocycles. The number of hydrogen-bond donors (Lipinski definition) is 4. The van der Waals surface area contributed by atoms with E-state index in [2.05, 4.69) is 41.7 Å². The molecule has 4 N–H and O–H groups in total. The van der Waals surface area contributed by atoms with E-state index in [1.54, 1.807) is 13.8 Å². The predicted molar refractivity (Wildman–Crippen MR) is 252 cm³/mol. The molecular weight excluding hydrogens is 1020 g/mol. The van der Waals surface area contributed by atoms with E-state index >= 15 is 0 Å². The van der Waals surface area contributed by atoms with E-state index in [0.29, 0.717) is 35.4 Å². The van der Waals surface area contributed by atoms with Crippen LogP contribution in [0.15, 0.2) is 105 Å². The molecule has 0 bridgehead atoms. The van der Waals surface area contributed by atoms with Gasteiger partial charge in [0.25, 0.3) is 23.6 Å². The van der Waals surface area contributed by atoms with E-state index in [4.69, 9.17) is 46.4 Å². The summed E-state index contributed by atoms with van der Waals surface area (Å²) in [5, 5.41) is 25.0. The lowest BCUT2D eigenvalue weighted by Gasteiger charge is -2.20. The van der Waals surface area contributed by atoms with Crippen molar-refractivity contribution in [2.75, 3.05) is 21.3 Å². The molecule has 0 aromatic heterocycles. The number of rotatable bonds is 16. The van der Waals surface area contributed by atoms with Crippen molar-refractivity contribution in [1.29, 1.82) is 0 Å². The van der Waals surface area contributed by atoms with Crippen LogP contribution in [-0.4, -0.2) is 47.3 Å². The van der Waals surface area contributed by atoms with Crippen molar-refractivity contribution in [2.45, 2.75) is 65.0 Å². The Morgan fingerprint density at radius 2 is 0.843 bits per heavy atom. The Balaban J connectivity index is 1.31. The maximum absolute atomic E-state index is 13.6. The third-order valence-corrected chi connectivity index (χ3v) is 10.6. The third kappa shape index (κ3) is 14.4. The first-order chi connectivity index (χ1) is 32.7. The molecule has 0 radical (unpaired) electrons. The summed E-state index contributed by atoms with van der Waals surface area (Å²) in [4.78, 5) is 78.7. The van der Waals surface area contributed by atoms with Gasteiger partial charge >= 0.3 is 12.4 Å². The zero-order chi connectivity index (χ0) is 51.8. The lowest BCUT2D eigenvalue weighted by atomic mass is 9.98. The fourth-order valence-corrected chi connectivity index (χ4v) is 7.53. The molecule has 5 aromatic rings. The summed E-state index contributed by atoms with van der Waals surface area (Å²) in [5.74, 6) is -5.07. The van der Waals surface area contributed by atoms with Crippen molar-refractivity contribution in [3.8, 4) is 0 Å². The van der Waals surface area contributed by atoms with Crippen LogP contribution < -0.4 is 21.3 Å². The Morgan fingerprint density at radius 1 is 0.500 bits per heavy atom. The summed E-state index contributed by atoms with van der Waals surface area (Å²) in [6.07, 6.45) is -8.91. The maximum atomic E-state index is 13.6. The highest BCUT2D eigenvalue weighted by Crippen LogP contribution is 2.36. The molecular formula is C46H36Cl4F6N8O6. The van der Waals surface area contributed by atoms with Crippen molar-refractivity contribution >= 4 is 116 Å². The summed E-state index contributed by atoms with van der Waals surface area (Å²) < 4.78 is 79.9. The standard InChI is InChI=1S/C46H36Cl4F6N8O6/c1-5-35-36(6-2)38(60-44(70)40(22(4)66)64-62-34-12-24(10-28(48)20-34)42(68)58-32-16-26(46(54,55)56)14-30(50)18-32)8-7-37(35)59-43(69)39(21(3)65)63-61-33-11-23(9-27(47)19-33)41(67)57-31-15-25(45(51,52)53)13-29(49)17-31/h7-20,39-40H,5-6H2,1-4H3,(H,57,67)(H,58,68)(H,59,69)(H,60,70). The Hall–Kier alpha value is -6.74. The molecule has 4 amide bonds. The Kier molecular flexibility index (Phi) is 17.6. The monoisotopic (exact) mass is 1050 g/mol. The number of carbonyl (C=O) groups excluding carboxylic acids is 6. The lowest BCUT2D eigenvalue weighted by Crippen LogP contribution is -2.33. The number of benzene rings is 5. The number of carbonyl (C=O) groups is 6. The summed E-state index contributed by atoms with van der Waals surface area (Å²) in [7, 11) is 0. The molecule has 0 saturated heterocycles. The van der Waals surface area contributed by atoms with Crippen LogP contribution in [0.25, 0.3) is 0 Å². The molecule has 2 atom stereocenters. The SMILES string of the molecule is CCc1c(NC(=O)C(N=Nc2cc(Cl)cc(C(=O)Nc3cc(Cl)cc(C(F)(F)F)c3)c2)C(C)=O)ccc(NC(=O)C(N=Nc2cc(Cl)cc(C(=O)Nc3cc(Cl)cc(C(F)(F)F)c3)c2)C(C)=O)c1CC. The molecule has 0 saturated carbocycles. The number of ketones is 2. The van der Waals surface area contributed by atoms with Gasteiger partial charge in [0.05, 0.1) is 22.5 Å². The van der Waals surface area contributed by atoms with Crippen LogP contribution in [-0.2, 0) is 44.4 Å². The van der Waals surface area contributed by atoms with Crippen molar-refractivity contribution in [3.63, 3.8) is 0 Å². The second kappa shape index (κ2) is 22.8. The molecule has 5 rings (SSSR count). The zero-order valence-electron chi connectivity index (χ0n) is 36.7. The molecule has 70 heavy (non-hydrogen) atoms. The number of Topliss-reactive ketones (excluding diaryl/α,β-unsaturated/α-hetero) is 2. The molecule has 0 aliphatic rings. The van der Waals surface area contributed by atoms with E-state index < -0.39 is 70.8 Å². The fourth-order valence-electron chi connectivity index (χ4n) is 6.61. The minimum absolute atomic E-state index is 0.0397. The molecule has 5 aromatic carbocycles. The molecule has 0 fully saturated rings. The number of amides is 4. The minimum atomic E-state index is -4.74. The maximum Gasteiger partial charge on any atom is 0.416 e. The molecule has 0 aliphatic carbocycles. The average Bonchev–Trinajstić information content (AvgIpc) is 3.25. The Labute approximate surface area is 414 Å². The average molecular weight is 1050 g/mol. The van der Waals surface area contributed by atoms with E-state index in [-0.39, 0.29) is 78.2 Å². The Bertz CT molecular complexity index is 2770. The number of anilines is 4. The number of nitrogens with zero attached hydrogens (tertiary/aromatic N) is 4. The molecule has 0 aliphatic heterocycles. The minimum Gasteiger partial charge on any atom is -0.323 e. The number of hydrogen-bond acceptors (Lipinski definition) is 10. The van der Waals surface area contributed by atoms with E-state index in [1.807, 2.05) is 0 Å². The first-order valence-corrected chi connectivity index (χ1v) is 21.9. The van der Waals surface area contributed by atoms with Gasteiger partial charge in [-0.3, -0.25) is 28.8 Å². The summed E-state index contributed by atoms with van der Waals surface area (Å²) in [6, 6.07) is 11.7. The van der Waals surface area contributed by atoms with Gasteiger partial charge in [-0.25, -0.2) is 0 Å². The second-order valence-electron chi connectivity index (χ2n) is 15.0. The summed E-state index contributed by atoms with van der Waals surface area (Å²) in [6.45, 7) is 5.69. The van der Waals surface area contributed by atoms with Crippen LogP contribution >= 0.6 is 46.4 Å². The van der Waals surface area contributed by atoms with Crippen LogP contribution in [0.1, 0.15) is 70.7 Å². The van der Waals surface area contributed by atoms with Crippen molar-refractivity contribution in [2.24, 2.45) is 20.5 Å². The Morgan fingerprint density at radius 3 is 1.16 bits per heavy atom. The van der Waals surface area contributed by atoms with Crippen molar-refractivity contribution in [1.82, 2.24) is 0 Å². The van der Waals surface area contributed by atoms with Crippen LogP contribution in [0.5, 0.6) is 0 Å². The number of nitrogens with one attached hydrogen (secondary N) is 4. The first-order valence-electron chi connectivity index (χ1n) is 20.3. The number of alkyl halides is 6. The summed E-state index contributed by atoms with van der Waals surface area (Å²) >= 11 is 24.1. The zero-order valence-corrected chi connectivity index (χ0v) is 39.7. The van der Waals surface area contributed by atoms with Crippen molar-refractivity contribution in [3.05, 3.63) is 138 Å². The second-order valence-corrected chi connectivity index (χ2v) is 16.8. The lowest BCUT2D eigenvalue weighted by molar-refractivity contribution is -0.138. The van der Waals surface area contributed by atoms with E-state index in [9.17, 15) is 55.1 Å². The topological polar surface area (TPSA) is 200 Å². The van der Waals surface area contributed by atoms with Gasteiger partial charge in [0.2, 0.25) is 12.1 Å². The molecule has 14 nitrogen and oxygen atoms in total. The van der Waals surface area contributed by atoms with Gasteiger partial charge in [0, 0.05) is 54.0 Å². The van der Waals surface area contributed by atoms with Gasteiger partial charge in [-0.05, 0) is 123 Å². The summed E-state index contributed by atoms with van der Waals surface area (Å²) in [5.41, 5.74) is -1.69. The van der Waals surface area contributed by atoms with Gasteiger partial charge in [-0.1, -0.05) is 60.3 Å². The van der Waals surface area contributed by atoms with Gasteiger partial charge in [0.1, 0.15) is 0 Å². The first kappa shape index (κ1) is 54.2. The van der Waals surface area contributed by atoms with Crippen LogP contribution in [0.2, 0.25) is 20.1 Å². The highest BCUT2D eigenvalue weighted by molar-refractivity contribution is 6.32. The smallest absolute Gasteiger partial charge is 0.323 e. The predicted octanol–water partition coefficient (Wildman–Crippen LogP) is 13.3. The van der Waals surface area contributed by atoms with Gasteiger partial charge in [0.15, 0.2) is 11.6 Å². The fraction of sp³-hybridized carbons (Fsp3) is 0.217.